The fraction of sp³-hybridized carbons (Fsp3) is 0.308. The van der Waals surface area contributed by atoms with Gasteiger partial charge < -0.3 is 14.5 Å². The van der Waals surface area contributed by atoms with Gasteiger partial charge >= 0.3 is 0 Å². The van der Waals surface area contributed by atoms with Crippen LogP contribution in [-0.2, 0) is 16.6 Å². The summed E-state index contributed by atoms with van der Waals surface area (Å²) in [5.74, 6) is 1.86. The van der Waals surface area contributed by atoms with Crippen molar-refractivity contribution < 1.29 is 17.9 Å². The zero-order valence-electron chi connectivity index (χ0n) is 11.4. The van der Waals surface area contributed by atoms with Crippen molar-refractivity contribution in [2.75, 3.05) is 13.2 Å². The highest BCUT2D eigenvalue weighted by Gasteiger charge is 2.17. The second kappa shape index (κ2) is 5.38. The number of aryl methyl sites for hydroxylation is 1. The molecule has 0 bridgehead atoms. The lowest BCUT2D eigenvalue weighted by atomic mass is 10.2. The van der Waals surface area contributed by atoms with E-state index in [1.54, 1.807) is 25.1 Å². The van der Waals surface area contributed by atoms with E-state index in [-0.39, 0.29) is 11.6 Å². The fourth-order valence-corrected chi connectivity index (χ4v) is 2.97. The number of fused-ring (bicyclic) bond motifs is 1. The number of aromatic amines is 1. The molecule has 0 saturated heterocycles. The second-order valence-electron chi connectivity index (χ2n) is 4.64. The molecule has 0 fully saturated rings. The van der Waals surface area contributed by atoms with E-state index in [0.29, 0.717) is 30.5 Å². The number of aromatic nitrogens is 2. The minimum absolute atomic E-state index is 0.0533. The Morgan fingerprint density at radius 3 is 2.76 bits per heavy atom. The van der Waals surface area contributed by atoms with Crippen molar-refractivity contribution >= 4 is 10.0 Å². The minimum Gasteiger partial charge on any atom is -0.486 e. The van der Waals surface area contributed by atoms with E-state index in [4.69, 9.17) is 9.47 Å². The van der Waals surface area contributed by atoms with Crippen LogP contribution in [0.1, 0.15) is 11.4 Å². The number of hydrogen-bond donors (Lipinski definition) is 2. The topological polar surface area (TPSA) is 93.3 Å². The van der Waals surface area contributed by atoms with E-state index in [2.05, 4.69) is 14.7 Å². The molecular weight excluding hydrogens is 294 g/mol. The van der Waals surface area contributed by atoms with Gasteiger partial charge in [0.2, 0.25) is 0 Å². The lowest BCUT2D eigenvalue weighted by Crippen LogP contribution is -2.24. The van der Waals surface area contributed by atoms with Crippen molar-refractivity contribution in [2.45, 2.75) is 18.5 Å². The number of imidazole rings is 1. The van der Waals surface area contributed by atoms with Gasteiger partial charge in [0.1, 0.15) is 19.0 Å². The first-order valence-electron chi connectivity index (χ1n) is 6.44. The van der Waals surface area contributed by atoms with Crippen molar-refractivity contribution in [2.24, 2.45) is 0 Å². The maximum Gasteiger partial charge on any atom is 0.257 e. The first-order valence-corrected chi connectivity index (χ1v) is 7.93. The number of sulfonamides is 1. The Morgan fingerprint density at radius 2 is 2.05 bits per heavy atom. The molecule has 0 radical (unpaired) electrons. The molecule has 112 valence electrons. The number of hydrogen-bond acceptors (Lipinski definition) is 5. The average molecular weight is 309 g/mol. The predicted molar refractivity (Wildman–Crippen MR) is 74.8 cm³/mol. The number of rotatable bonds is 4. The average Bonchev–Trinajstić information content (AvgIpc) is 2.92. The van der Waals surface area contributed by atoms with Gasteiger partial charge in [-0.25, -0.2) is 18.1 Å². The molecule has 1 aliphatic rings. The summed E-state index contributed by atoms with van der Waals surface area (Å²) in [6.07, 6.45) is 1.29. The third kappa shape index (κ3) is 3.01. The fourth-order valence-electron chi connectivity index (χ4n) is 1.99. The van der Waals surface area contributed by atoms with Crippen molar-refractivity contribution in [3.63, 3.8) is 0 Å². The Bertz CT molecular complexity index is 755. The third-order valence-corrected chi connectivity index (χ3v) is 4.35. The van der Waals surface area contributed by atoms with Gasteiger partial charge in [0.15, 0.2) is 16.5 Å². The Labute approximate surface area is 122 Å². The lowest BCUT2D eigenvalue weighted by molar-refractivity contribution is 0.171. The van der Waals surface area contributed by atoms with Gasteiger partial charge in [0.05, 0.1) is 6.20 Å². The van der Waals surface area contributed by atoms with Gasteiger partial charge in [-0.15, -0.1) is 0 Å². The summed E-state index contributed by atoms with van der Waals surface area (Å²) in [6.45, 7) is 2.88. The molecule has 0 aliphatic carbocycles. The molecule has 3 rings (SSSR count). The molecule has 2 heterocycles. The van der Waals surface area contributed by atoms with Crippen LogP contribution in [0.5, 0.6) is 11.5 Å². The lowest BCUT2D eigenvalue weighted by Gasteiger charge is -2.18. The van der Waals surface area contributed by atoms with E-state index < -0.39 is 10.0 Å². The van der Waals surface area contributed by atoms with Crippen molar-refractivity contribution in [1.29, 1.82) is 0 Å². The molecule has 8 heteroatoms. The molecule has 1 aromatic carbocycles. The van der Waals surface area contributed by atoms with E-state index in [1.807, 2.05) is 0 Å². The summed E-state index contributed by atoms with van der Waals surface area (Å²) >= 11 is 0. The van der Waals surface area contributed by atoms with Crippen LogP contribution in [0.4, 0.5) is 0 Å². The van der Waals surface area contributed by atoms with E-state index >= 15 is 0 Å². The Balaban J connectivity index is 1.73. The molecule has 0 spiro atoms. The zero-order valence-corrected chi connectivity index (χ0v) is 12.2. The highest BCUT2D eigenvalue weighted by molar-refractivity contribution is 7.89. The quantitative estimate of drug-likeness (QED) is 0.877. The van der Waals surface area contributed by atoms with Gasteiger partial charge in [-0.05, 0) is 24.6 Å². The molecule has 0 amide bonds. The summed E-state index contributed by atoms with van der Waals surface area (Å²) < 4.78 is 37.5. The molecule has 1 aromatic heterocycles. The van der Waals surface area contributed by atoms with Gasteiger partial charge in [0, 0.05) is 6.54 Å². The molecule has 21 heavy (non-hydrogen) atoms. The third-order valence-electron chi connectivity index (χ3n) is 3.04. The highest BCUT2D eigenvalue weighted by atomic mass is 32.2. The number of nitrogens with one attached hydrogen (secondary N) is 2. The molecule has 0 saturated carbocycles. The number of H-pyrrole nitrogens is 1. The largest absolute Gasteiger partial charge is 0.486 e. The number of ether oxygens (including phenoxy) is 2. The summed E-state index contributed by atoms with van der Waals surface area (Å²) in [6, 6.07) is 5.35. The smallest absolute Gasteiger partial charge is 0.257 e. The van der Waals surface area contributed by atoms with Crippen LogP contribution in [0.3, 0.4) is 0 Å². The predicted octanol–water partition coefficient (Wildman–Crippen LogP) is 0.968. The van der Waals surface area contributed by atoms with Crippen LogP contribution in [0.2, 0.25) is 0 Å². The highest BCUT2D eigenvalue weighted by Crippen LogP contribution is 2.30. The molecular formula is C13H15N3O4S. The van der Waals surface area contributed by atoms with E-state index in [0.717, 1.165) is 5.56 Å². The van der Waals surface area contributed by atoms with E-state index in [9.17, 15) is 8.42 Å². The molecule has 2 aromatic rings. The van der Waals surface area contributed by atoms with Gasteiger partial charge in [-0.1, -0.05) is 6.07 Å². The maximum absolute atomic E-state index is 12.1. The van der Waals surface area contributed by atoms with Gasteiger partial charge in [-0.3, -0.25) is 0 Å². The summed E-state index contributed by atoms with van der Waals surface area (Å²) in [5.41, 5.74) is 0.791. The summed E-state index contributed by atoms with van der Waals surface area (Å²) in [4.78, 5) is 6.58. The van der Waals surface area contributed by atoms with Crippen LogP contribution >= 0.6 is 0 Å². The van der Waals surface area contributed by atoms with E-state index in [1.165, 1.54) is 6.20 Å². The normalized spacial score (nSPS) is 14.1. The van der Waals surface area contributed by atoms with Crippen molar-refractivity contribution in [1.82, 2.24) is 14.7 Å². The standard InChI is InChI=1S/C13H15N3O4S/c1-9-14-8-13(16-9)21(17,18)15-7-10-2-3-11-12(6-10)20-5-4-19-11/h2-3,6,8,15H,4-5,7H2,1H3,(H,14,16). The summed E-state index contributed by atoms with van der Waals surface area (Å²) in [7, 11) is -3.60. The van der Waals surface area contributed by atoms with Crippen molar-refractivity contribution in [3.8, 4) is 11.5 Å². The molecule has 0 unspecified atom stereocenters. The van der Waals surface area contributed by atoms with Crippen LogP contribution in [0.25, 0.3) is 0 Å². The Hall–Kier alpha value is -2.06. The first-order chi connectivity index (χ1) is 10.0. The van der Waals surface area contributed by atoms with Gasteiger partial charge in [-0.2, -0.15) is 0 Å². The zero-order chi connectivity index (χ0) is 14.9. The first kappa shape index (κ1) is 13.9. The van der Waals surface area contributed by atoms with Crippen molar-refractivity contribution in [3.05, 3.63) is 35.8 Å². The van der Waals surface area contributed by atoms with Crippen LogP contribution < -0.4 is 14.2 Å². The van der Waals surface area contributed by atoms with Crippen LogP contribution in [0, 0.1) is 6.92 Å². The van der Waals surface area contributed by atoms with Crippen LogP contribution in [-0.4, -0.2) is 31.6 Å². The number of benzene rings is 1. The SMILES string of the molecule is Cc1ncc(S(=O)(=O)NCc2ccc3c(c2)OCCO3)[nH]1. The molecule has 7 nitrogen and oxygen atoms in total. The van der Waals surface area contributed by atoms with Gasteiger partial charge in [0.25, 0.3) is 10.0 Å². The Kier molecular flexibility index (Phi) is 3.56. The minimum atomic E-state index is -3.60. The Morgan fingerprint density at radius 1 is 1.29 bits per heavy atom. The molecule has 1 aliphatic heterocycles. The van der Waals surface area contributed by atoms with Crippen LogP contribution in [0.15, 0.2) is 29.4 Å². The molecule has 2 N–H and O–H groups in total. The second-order valence-corrected chi connectivity index (χ2v) is 6.37. The monoisotopic (exact) mass is 309 g/mol. The maximum atomic E-state index is 12.1. The number of nitrogens with zero attached hydrogens (tertiary/aromatic N) is 1. The molecule has 0 atom stereocenters. The summed E-state index contributed by atoms with van der Waals surface area (Å²) in [5, 5.41) is 0.0533.